The van der Waals surface area contributed by atoms with Crippen LogP contribution in [0.25, 0.3) is 10.1 Å². The topological polar surface area (TPSA) is 43.4 Å². The second-order valence-corrected chi connectivity index (χ2v) is 6.53. The minimum atomic E-state index is -0.224. The van der Waals surface area contributed by atoms with Gasteiger partial charge in [0.25, 0.3) is 0 Å². The lowest BCUT2D eigenvalue weighted by atomic mass is 10.0. The molecule has 0 aliphatic rings. The molecule has 3 rings (SSSR count). The highest BCUT2D eigenvalue weighted by Crippen LogP contribution is 2.22. The van der Waals surface area contributed by atoms with E-state index in [1.54, 1.807) is 43.5 Å². The van der Waals surface area contributed by atoms with Crippen molar-refractivity contribution in [2.75, 3.05) is 7.11 Å². The van der Waals surface area contributed by atoms with E-state index in [-0.39, 0.29) is 22.5 Å². The minimum Gasteiger partial charge on any atom is -0.497 e. The summed E-state index contributed by atoms with van der Waals surface area (Å²) in [5, 5.41) is 1.39. The first-order valence-corrected chi connectivity index (χ1v) is 8.16. The van der Waals surface area contributed by atoms with E-state index in [2.05, 4.69) is 0 Å². The van der Waals surface area contributed by atoms with Crippen LogP contribution in [0.4, 0.5) is 0 Å². The van der Waals surface area contributed by atoms with Gasteiger partial charge < -0.3 is 4.74 Å². The number of halogens is 1. The fourth-order valence-corrected chi connectivity index (χ4v) is 3.35. The molecule has 0 aliphatic carbocycles. The van der Waals surface area contributed by atoms with Gasteiger partial charge in [-0.3, -0.25) is 9.59 Å². The molecule has 5 heteroatoms. The largest absolute Gasteiger partial charge is 0.497 e. The molecule has 0 amide bonds. The first kappa shape index (κ1) is 15.7. The van der Waals surface area contributed by atoms with Gasteiger partial charge in [-0.25, -0.2) is 0 Å². The highest BCUT2D eigenvalue weighted by Gasteiger charge is 2.13. The van der Waals surface area contributed by atoms with Crippen molar-refractivity contribution in [1.29, 1.82) is 0 Å². The van der Waals surface area contributed by atoms with Gasteiger partial charge in [0.2, 0.25) is 4.74 Å². The summed E-state index contributed by atoms with van der Waals surface area (Å²) in [5.74, 6) is 0.534. The third-order valence-electron chi connectivity index (χ3n) is 3.52. The fourth-order valence-electron chi connectivity index (χ4n) is 2.31. The molecule has 0 radical (unpaired) electrons. The van der Waals surface area contributed by atoms with Crippen molar-refractivity contribution in [2.45, 2.75) is 6.42 Å². The van der Waals surface area contributed by atoms with E-state index < -0.39 is 0 Å². The van der Waals surface area contributed by atoms with E-state index >= 15 is 0 Å². The van der Waals surface area contributed by atoms with E-state index in [1.807, 2.05) is 12.1 Å². The summed E-state index contributed by atoms with van der Waals surface area (Å²) in [4.78, 5) is 24.7. The molecular formula is C18H13ClO3S. The Bertz CT molecular complexity index is 929. The Labute approximate surface area is 142 Å². The normalized spacial score (nSPS) is 10.7. The summed E-state index contributed by atoms with van der Waals surface area (Å²) >= 11 is 7.05. The third-order valence-corrected chi connectivity index (χ3v) is 4.75. The van der Waals surface area contributed by atoms with E-state index in [4.69, 9.17) is 16.3 Å². The van der Waals surface area contributed by atoms with Crippen LogP contribution in [-0.2, 0) is 6.42 Å². The number of rotatable bonds is 4. The van der Waals surface area contributed by atoms with E-state index in [0.717, 1.165) is 32.7 Å². The van der Waals surface area contributed by atoms with Crippen molar-refractivity contribution >= 4 is 38.8 Å². The first-order valence-electron chi connectivity index (χ1n) is 6.96. The quantitative estimate of drug-likeness (QED) is 0.661. The molecule has 1 heterocycles. The lowest BCUT2D eigenvalue weighted by Gasteiger charge is -2.04. The minimum absolute atomic E-state index is 0.179. The van der Waals surface area contributed by atoms with Crippen molar-refractivity contribution in [1.82, 2.24) is 0 Å². The smallest absolute Gasteiger partial charge is 0.243 e. The predicted octanol–water partition coefficient (Wildman–Crippen LogP) is 4.35. The average Bonchev–Trinajstić information content (AvgIpc) is 2.55. The molecule has 0 unspecified atom stereocenters. The average molecular weight is 345 g/mol. The Hall–Kier alpha value is -2.17. The van der Waals surface area contributed by atoms with Crippen molar-refractivity contribution in [3.8, 4) is 5.75 Å². The number of ether oxygens (including phenoxy) is 1. The molecule has 23 heavy (non-hydrogen) atoms. The molecule has 116 valence electrons. The van der Waals surface area contributed by atoms with Crippen LogP contribution < -0.4 is 9.48 Å². The van der Waals surface area contributed by atoms with Gasteiger partial charge in [-0.15, -0.1) is 0 Å². The molecule has 0 bridgehead atoms. The first-order chi connectivity index (χ1) is 11.1. The molecular weight excluding hydrogens is 332 g/mol. The molecule has 1 aromatic heterocycles. The van der Waals surface area contributed by atoms with Gasteiger partial charge in [-0.05, 0) is 47.3 Å². The summed E-state index contributed by atoms with van der Waals surface area (Å²) in [6.45, 7) is 0. The number of carbonyl (C=O) groups is 1. The number of hydrogen-bond donors (Lipinski definition) is 0. The van der Waals surface area contributed by atoms with E-state index in [1.165, 1.54) is 0 Å². The number of hydrogen-bond acceptors (Lipinski definition) is 4. The molecule has 0 aliphatic heterocycles. The molecule has 0 fully saturated rings. The number of fused-ring (bicyclic) bond motifs is 1. The Balaban J connectivity index is 1.93. The second kappa shape index (κ2) is 6.52. The molecule has 0 saturated carbocycles. The van der Waals surface area contributed by atoms with Gasteiger partial charge in [-0.2, -0.15) is 0 Å². The summed E-state index contributed by atoms with van der Waals surface area (Å²) in [6.07, 6.45) is 0.179. The van der Waals surface area contributed by atoms with E-state index in [0.29, 0.717) is 5.02 Å². The number of methoxy groups -OCH3 is 1. The van der Waals surface area contributed by atoms with Crippen LogP contribution in [0, 0.1) is 0 Å². The Morgan fingerprint density at radius 1 is 1.13 bits per heavy atom. The highest BCUT2D eigenvalue weighted by molar-refractivity contribution is 7.16. The molecule has 0 atom stereocenters. The number of benzene rings is 2. The van der Waals surface area contributed by atoms with Crippen LogP contribution in [0.2, 0.25) is 5.02 Å². The van der Waals surface area contributed by atoms with Crippen molar-refractivity contribution in [3.63, 3.8) is 0 Å². The maximum atomic E-state index is 12.5. The zero-order chi connectivity index (χ0) is 16.4. The zero-order valence-corrected chi connectivity index (χ0v) is 13.9. The van der Waals surface area contributed by atoms with Gasteiger partial charge in [0.05, 0.1) is 12.7 Å². The monoisotopic (exact) mass is 344 g/mol. The van der Waals surface area contributed by atoms with Crippen LogP contribution in [0.1, 0.15) is 15.9 Å². The van der Waals surface area contributed by atoms with Gasteiger partial charge >= 0.3 is 0 Å². The number of Topliss-reactive ketones (excluding diaryl/α,β-unsaturated/α-hetero) is 1. The van der Waals surface area contributed by atoms with Crippen LogP contribution in [0.5, 0.6) is 5.75 Å². The number of ketones is 1. The molecule has 3 nitrogen and oxygen atoms in total. The fraction of sp³-hybridized carbons (Fsp3) is 0.111. The second-order valence-electron chi connectivity index (χ2n) is 5.08. The summed E-state index contributed by atoms with van der Waals surface area (Å²) in [5.41, 5.74) is 1.05. The van der Waals surface area contributed by atoms with Crippen LogP contribution in [0.3, 0.4) is 0 Å². The van der Waals surface area contributed by atoms with Gasteiger partial charge in [-0.1, -0.05) is 35.1 Å². The predicted molar refractivity (Wildman–Crippen MR) is 94.1 cm³/mol. The molecule has 0 saturated heterocycles. The third kappa shape index (κ3) is 3.44. The van der Waals surface area contributed by atoms with Crippen molar-refractivity contribution in [2.24, 2.45) is 0 Å². The van der Waals surface area contributed by atoms with E-state index in [9.17, 15) is 9.59 Å². The van der Waals surface area contributed by atoms with Gasteiger partial charge in [0.15, 0.2) is 5.78 Å². The number of carbonyl (C=O) groups excluding carboxylic acids is 1. The highest BCUT2D eigenvalue weighted by atomic mass is 35.5. The standard InChI is InChI=1S/C18H13ClO3S/c1-22-14-5-2-11(3-6-14)8-16(20)15-10-12-9-13(19)4-7-17(12)23-18(15)21/h2-7,9-10H,8H2,1H3. The Morgan fingerprint density at radius 3 is 2.57 bits per heavy atom. The van der Waals surface area contributed by atoms with Gasteiger partial charge in [0, 0.05) is 16.1 Å². The van der Waals surface area contributed by atoms with Crippen molar-refractivity contribution in [3.05, 3.63) is 74.2 Å². The van der Waals surface area contributed by atoms with Gasteiger partial charge in [0.1, 0.15) is 5.75 Å². The molecule has 0 N–H and O–H groups in total. The van der Waals surface area contributed by atoms with Crippen LogP contribution in [-0.4, -0.2) is 12.9 Å². The zero-order valence-electron chi connectivity index (χ0n) is 12.3. The lowest BCUT2D eigenvalue weighted by molar-refractivity contribution is 0.0992. The Kier molecular flexibility index (Phi) is 4.46. The summed E-state index contributed by atoms with van der Waals surface area (Å²) < 4.78 is 5.69. The lowest BCUT2D eigenvalue weighted by Crippen LogP contribution is -2.13. The molecule has 0 spiro atoms. The van der Waals surface area contributed by atoms with Crippen LogP contribution in [0.15, 0.2) is 53.3 Å². The van der Waals surface area contributed by atoms with Crippen molar-refractivity contribution < 1.29 is 9.53 Å². The molecule has 3 aromatic rings. The Morgan fingerprint density at radius 2 is 1.87 bits per heavy atom. The molecule has 2 aromatic carbocycles. The maximum absolute atomic E-state index is 12.5. The van der Waals surface area contributed by atoms with Crippen LogP contribution >= 0.6 is 22.9 Å². The maximum Gasteiger partial charge on any atom is 0.243 e. The summed E-state index contributed by atoms with van der Waals surface area (Å²) in [7, 11) is 1.59. The SMILES string of the molecule is COc1ccc(CC(=O)c2cc3cc(Cl)ccc3sc2=O)cc1. The summed E-state index contributed by atoms with van der Waals surface area (Å²) in [6, 6.07) is 14.2.